The number of fused-ring (bicyclic) bond motifs is 1. The van der Waals surface area contributed by atoms with Crippen molar-refractivity contribution in [2.45, 2.75) is 25.4 Å². The average molecular weight is 219 g/mol. The number of rotatable bonds is 1. The van der Waals surface area contributed by atoms with Crippen LogP contribution in [0.15, 0.2) is 24.3 Å². The van der Waals surface area contributed by atoms with E-state index in [1.807, 2.05) is 6.07 Å². The van der Waals surface area contributed by atoms with Crippen molar-refractivity contribution >= 4 is 6.09 Å². The van der Waals surface area contributed by atoms with Crippen molar-refractivity contribution in [2.75, 3.05) is 14.1 Å². The lowest BCUT2D eigenvalue weighted by atomic mass is 9.90. The van der Waals surface area contributed by atoms with E-state index in [2.05, 4.69) is 18.2 Å². The highest BCUT2D eigenvalue weighted by atomic mass is 16.6. The van der Waals surface area contributed by atoms with Crippen LogP contribution in [0.25, 0.3) is 0 Å². The molecule has 1 aliphatic rings. The van der Waals surface area contributed by atoms with Gasteiger partial charge in [0.25, 0.3) is 0 Å². The standard InChI is InChI=1S/C13H17NO2/c1-14(2)13(15)16-12-8-7-10-5-3-4-6-11(10)9-12/h3-6,12H,7-9H2,1-2H3. The molecule has 1 aliphatic carbocycles. The minimum Gasteiger partial charge on any atom is -0.446 e. The van der Waals surface area contributed by atoms with Gasteiger partial charge in [-0.25, -0.2) is 4.79 Å². The van der Waals surface area contributed by atoms with Gasteiger partial charge >= 0.3 is 6.09 Å². The first-order valence-electron chi connectivity index (χ1n) is 5.61. The summed E-state index contributed by atoms with van der Waals surface area (Å²) in [4.78, 5) is 12.9. The third-order valence-electron chi connectivity index (χ3n) is 2.93. The predicted molar refractivity (Wildman–Crippen MR) is 62.4 cm³/mol. The van der Waals surface area contributed by atoms with Gasteiger partial charge in [0.1, 0.15) is 6.10 Å². The molecule has 16 heavy (non-hydrogen) atoms. The Labute approximate surface area is 96.0 Å². The van der Waals surface area contributed by atoms with Crippen molar-refractivity contribution < 1.29 is 9.53 Å². The van der Waals surface area contributed by atoms with Gasteiger partial charge in [0.15, 0.2) is 0 Å². The largest absolute Gasteiger partial charge is 0.446 e. The summed E-state index contributed by atoms with van der Waals surface area (Å²) in [6, 6.07) is 8.37. The first-order valence-corrected chi connectivity index (χ1v) is 5.61. The fourth-order valence-electron chi connectivity index (χ4n) is 2.01. The fraction of sp³-hybridized carbons (Fsp3) is 0.462. The number of ether oxygens (including phenoxy) is 1. The topological polar surface area (TPSA) is 29.5 Å². The van der Waals surface area contributed by atoms with Crippen LogP contribution in [0.2, 0.25) is 0 Å². The summed E-state index contributed by atoms with van der Waals surface area (Å²) < 4.78 is 5.40. The second-order valence-electron chi connectivity index (χ2n) is 4.41. The van der Waals surface area contributed by atoms with Crippen molar-refractivity contribution in [2.24, 2.45) is 0 Å². The Morgan fingerprint density at radius 1 is 1.31 bits per heavy atom. The molecule has 86 valence electrons. The summed E-state index contributed by atoms with van der Waals surface area (Å²) >= 11 is 0. The lowest BCUT2D eigenvalue weighted by Gasteiger charge is -2.25. The number of carbonyl (C=O) groups excluding carboxylic acids is 1. The van der Waals surface area contributed by atoms with E-state index in [-0.39, 0.29) is 12.2 Å². The Hall–Kier alpha value is -1.51. The van der Waals surface area contributed by atoms with Crippen LogP contribution in [0.3, 0.4) is 0 Å². The van der Waals surface area contributed by atoms with Gasteiger partial charge in [0.2, 0.25) is 0 Å². The van der Waals surface area contributed by atoms with E-state index >= 15 is 0 Å². The second kappa shape index (κ2) is 4.56. The molecule has 3 heteroatoms. The molecule has 0 N–H and O–H groups in total. The summed E-state index contributed by atoms with van der Waals surface area (Å²) in [5, 5.41) is 0. The molecule has 0 bridgehead atoms. The summed E-state index contributed by atoms with van der Waals surface area (Å²) in [6.07, 6.45) is 2.56. The molecule has 1 aromatic carbocycles. The van der Waals surface area contributed by atoms with E-state index in [1.54, 1.807) is 14.1 Å². The van der Waals surface area contributed by atoms with E-state index in [0.29, 0.717) is 0 Å². The Bertz CT molecular complexity index is 387. The number of hydrogen-bond acceptors (Lipinski definition) is 2. The molecule has 0 spiro atoms. The SMILES string of the molecule is CN(C)C(=O)OC1CCc2ccccc2C1. The molecule has 1 atom stereocenters. The Kier molecular flexibility index (Phi) is 3.13. The average Bonchev–Trinajstić information content (AvgIpc) is 2.28. The highest BCUT2D eigenvalue weighted by Crippen LogP contribution is 2.23. The smallest absolute Gasteiger partial charge is 0.409 e. The normalized spacial score (nSPS) is 18.8. The zero-order valence-electron chi connectivity index (χ0n) is 9.77. The van der Waals surface area contributed by atoms with Crippen LogP contribution in [-0.4, -0.2) is 31.2 Å². The van der Waals surface area contributed by atoms with Crippen LogP contribution < -0.4 is 0 Å². The Morgan fingerprint density at radius 3 is 2.69 bits per heavy atom. The first kappa shape index (κ1) is 11.0. The maximum Gasteiger partial charge on any atom is 0.409 e. The Morgan fingerprint density at radius 2 is 2.00 bits per heavy atom. The van der Waals surface area contributed by atoms with Crippen LogP contribution in [0, 0.1) is 0 Å². The number of nitrogens with zero attached hydrogens (tertiary/aromatic N) is 1. The lowest BCUT2D eigenvalue weighted by molar-refractivity contribution is 0.0679. The third kappa shape index (κ3) is 2.35. The van der Waals surface area contributed by atoms with Crippen LogP contribution >= 0.6 is 0 Å². The molecule has 0 aromatic heterocycles. The van der Waals surface area contributed by atoms with E-state index in [1.165, 1.54) is 16.0 Å². The molecule has 2 rings (SSSR count). The van der Waals surface area contributed by atoms with Gasteiger partial charge in [0.05, 0.1) is 0 Å². The lowest BCUT2D eigenvalue weighted by Crippen LogP contribution is -2.31. The summed E-state index contributed by atoms with van der Waals surface area (Å²) in [6.45, 7) is 0. The predicted octanol–water partition coefficient (Wildman–Crippen LogP) is 2.24. The molecule has 1 amide bonds. The van der Waals surface area contributed by atoms with E-state index < -0.39 is 0 Å². The van der Waals surface area contributed by atoms with E-state index in [9.17, 15) is 4.79 Å². The quantitative estimate of drug-likeness (QED) is 0.725. The summed E-state index contributed by atoms with van der Waals surface area (Å²) in [5.74, 6) is 0. The van der Waals surface area contributed by atoms with Crippen LogP contribution in [0.4, 0.5) is 4.79 Å². The number of carbonyl (C=O) groups is 1. The minimum atomic E-state index is -0.246. The van der Waals surface area contributed by atoms with E-state index in [4.69, 9.17) is 4.74 Å². The number of aryl methyl sites for hydroxylation is 1. The monoisotopic (exact) mass is 219 g/mol. The summed E-state index contributed by atoms with van der Waals surface area (Å²) in [5.41, 5.74) is 2.70. The molecule has 0 saturated carbocycles. The van der Waals surface area contributed by atoms with Gasteiger partial charge < -0.3 is 9.64 Å². The molecule has 3 nitrogen and oxygen atoms in total. The molecular weight excluding hydrogens is 202 g/mol. The molecule has 0 aliphatic heterocycles. The zero-order valence-corrected chi connectivity index (χ0v) is 9.77. The maximum atomic E-state index is 11.4. The van der Waals surface area contributed by atoms with Gasteiger partial charge in [0, 0.05) is 20.5 Å². The van der Waals surface area contributed by atoms with Gasteiger partial charge in [-0.15, -0.1) is 0 Å². The van der Waals surface area contributed by atoms with Crippen molar-refractivity contribution in [1.82, 2.24) is 4.90 Å². The molecule has 0 saturated heterocycles. The second-order valence-corrected chi connectivity index (χ2v) is 4.41. The van der Waals surface area contributed by atoms with Crippen molar-refractivity contribution in [3.8, 4) is 0 Å². The van der Waals surface area contributed by atoms with Crippen molar-refractivity contribution in [1.29, 1.82) is 0 Å². The number of hydrogen-bond donors (Lipinski definition) is 0. The maximum absolute atomic E-state index is 11.4. The Balaban J connectivity index is 2.00. The molecule has 1 unspecified atom stereocenters. The van der Waals surface area contributed by atoms with Crippen molar-refractivity contribution in [3.05, 3.63) is 35.4 Å². The van der Waals surface area contributed by atoms with Gasteiger partial charge in [-0.2, -0.15) is 0 Å². The summed E-state index contributed by atoms with van der Waals surface area (Å²) in [7, 11) is 3.41. The zero-order chi connectivity index (χ0) is 11.5. The first-order chi connectivity index (χ1) is 7.66. The van der Waals surface area contributed by atoms with Gasteiger partial charge in [-0.3, -0.25) is 0 Å². The molecule has 0 heterocycles. The minimum absolute atomic E-state index is 0.0322. The molecule has 1 aromatic rings. The van der Waals surface area contributed by atoms with Crippen LogP contribution in [-0.2, 0) is 17.6 Å². The van der Waals surface area contributed by atoms with Crippen LogP contribution in [0.1, 0.15) is 17.5 Å². The number of amides is 1. The number of benzene rings is 1. The van der Waals surface area contributed by atoms with Gasteiger partial charge in [-0.05, 0) is 24.0 Å². The van der Waals surface area contributed by atoms with Gasteiger partial charge in [-0.1, -0.05) is 24.3 Å². The van der Waals surface area contributed by atoms with Crippen molar-refractivity contribution in [3.63, 3.8) is 0 Å². The fourth-order valence-corrected chi connectivity index (χ4v) is 2.01. The third-order valence-corrected chi connectivity index (χ3v) is 2.93. The highest BCUT2D eigenvalue weighted by Gasteiger charge is 2.21. The highest BCUT2D eigenvalue weighted by molar-refractivity contribution is 5.67. The van der Waals surface area contributed by atoms with Crippen LogP contribution in [0.5, 0.6) is 0 Å². The van der Waals surface area contributed by atoms with E-state index in [0.717, 1.165) is 19.3 Å². The molecular formula is C13H17NO2. The molecule has 0 radical (unpaired) electrons. The molecule has 0 fully saturated rings.